The summed E-state index contributed by atoms with van der Waals surface area (Å²) in [5.74, 6) is 1.00. The van der Waals surface area contributed by atoms with Crippen LogP contribution in [0.1, 0.15) is 36.3 Å². The number of nitrogens with zero attached hydrogens (tertiary/aromatic N) is 2. The average Bonchev–Trinajstić information content (AvgIpc) is 2.46. The Morgan fingerprint density at radius 2 is 1.91 bits per heavy atom. The molecule has 0 saturated carbocycles. The number of aryl methyl sites for hydroxylation is 1. The van der Waals surface area contributed by atoms with Crippen LogP contribution in [-0.4, -0.2) is 26.8 Å². The normalized spacial score (nSPS) is 11.0. The first-order chi connectivity index (χ1) is 10.9. The van der Waals surface area contributed by atoms with Gasteiger partial charge in [0.15, 0.2) is 5.82 Å². The molecular weight excluding hydrogens is 376 g/mol. The zero-order valence-corrected chi connectivity index (χ0v) is 15.7. The van der Waals surface area contributed by atoms with Crippen LogP contribution in [0.15, 0.2) is 33.8 Å². The lowest BCUT2D eigenvalue weighted by molar-refractivity contribution is 0.0691. The second kappa shape index (κ2) is 7.93. The van der Waals surface area contributed by atoms with E-state index >= 15 is 0 Å². The van der Waals surface area contributed by atoms with E-state index < -0.39 is 5.97 Å². The number of rotatable bonds is 6. The molecule has 23 heavy (non-hydrogen) atoms. The van der Waals surface area contributed by atoms with Gasteiger partial charge in [-0.25, -0.2) is 14.8 Å². The predicted octanol–water partition coefficient (Wildman–Crippen LogP) is 5.05. The molecule has 0 amide bonds. The maximum absolute atomic E-state index is 11.5. The van der Waals surface area contributed by atoms with Crippen molar-refractivity contribution in [2.24, 2.45) is 5.92 Å². The summed E-state index contributed by atoms with van der Waals surface area (Å²) >= 11 is 4.89. The van der Waals surface area contributed by atoms with Crippen LogP contribution in [0.2, 0.25) is 0 Å². The number of thioether (sulfide) groups is 1. The Hall–Kier alpha value is -1.40. The van der Waals surface area contributed by atoms with Crippen LogP contribution < -0.4 is 0 Å². The number of aromatic carboxylic acids is 1. The van der Waals surface area contributed by atoms with E-state index in [0.29, 0.717) is 22.5 Å². The van der Waals surface area contributed by atoms with Gasteiger partial charge in [0.05, 0.1) is 5.69 Å². The van der Waals surface area contributed by atoms with Crippen LogP contribution in [0.3, 0.4) is 0 Å². The molecule has 2 aromatic rings. The Morgan fingerprint density at radius 1 is 1.26 bits per heavy atom. The zero-order valence-electron chi connectivity index (χ0n) is 13.3. The Kier molecular flexibility index (Phi) is 6.18. The van der Waals surface area contributed by atoms with Crippen molar-refractivity contribution in [3.8, 4) is 11.4 Å². The molecular formula is C17H19BrN2O2S. The molecule has 0 unspecified atom stereocenters. The summed E-state index contributed by atoms with van der Waals surface area (Å²) in [5.41, 5.74) is 1.58. The summed E-state index contributed by atoms with van der Waals surface area (Å²) in [4.78, 5) is 20.4. The van der Waals surface area contributed by atoms with Crippen molar-refractivity contribution in [2.75, 3.05) is 5.75 Å². The van der Waals surface area contributed by atoms with Crippen molar-refractivity contribution in [2.45, 2.75) is 32.2 Å². The lowest BCUT2D eigenvalue weighted by Gasteiger charge is -2.11. The number of carboxylic acids is 1. The fourth-order valence-electron chi connectivity index (χ4n) is 2.02. The van der Waals surface area contributed by atoms with E-state index in [0.717, 1.165) is 22.2 Å². The largest absolute Gasteiger partial charge is 0.478 e. The van der Waals surface area contributed by atoms with Gasteiger partial charge in [-0.3, -0.25) is 0 Å². The number of benzene rings is 1. The minimum atomic E-state index is -0.975. The summed E-state index contributed by atoms with van der Waals surface area (Å²) in [6, 6.07) is 7.68. The molecule has 4 nitrogen and oxygen atoms in total. The molecule has 0 atom stereocenters. The number of hydrogen-bond donors (Lipinski definition) is 1. The number of carboxylic acid groups (broad SMARTS) is 1. The predicted molar refractivity (Wildman–Crippen MR) is 97.0 cm³/mol. The number of aromatic nitrogens is 2. The van der Waals surface area contributed by atoms with E-state index in [9.17, 15) is 9.90 Å². The second-order valence-corrected chi connectivity index (χ2v) is 7.66. The Morgan fingerprint density at radius 3 is 2.48 bits per heavy atom. The van der Waals surface area contributed by atoms with E-state index in [1.165, 1.54) is 11.8 Å². The highest BCUT2D eigenvalue weighted by Crippen LogP contribution is 2.28. The van der Waals surface area contributed by atoms with Gasteiger partial charge in [-0.05, 0) is 37.1 Å². The van der Waals surface area contributed by atoms with Crippen LogP contribution in [-0.2, 0) is 0 Å². The highest BCUT2D eigenvalue weighted by Gasteiger charge is 2.19. The molecule has 0 bridgehead atoms. The summed E-state index contributed by atoms with van der Waals surface area (Å²) in [7, 11) is 0. The minimum Gasteiger partial charge on any atom is -0.478 e. The third-order valence-corrected chi connectivity index (χ3v) is 4.84. The first-order valence-corrected chi connectivity index (χ1v) is 9.17. The smallest absolute Gasteiger partial charge is 0.340 e. The van der Waals surface area contributed by atoms with Gasteiger partial charge in [0, 0.05) is 10.0 Å². The number of halogens is 1. The molecule has 0 aliphatic carbocycles. The summed E-state index contributed by atoms with van der Waals surface area (Å²) in [5, 5.41) is 10.00. The Bertz CT molecular complexity index is 702. The minimum absolute atomic E-state index is 0.208. The highest BCUT2D eigenvalue weighted by atomic mass is 79.9. The molecule has 1 N–H and O–H groups in total. The highest BCUT2D eigenvalue weighted by molar-refractivity contribution is 9.10. The first kappa shape index (κ1) is 17.9. The van der Waals surface area contributed by atoms with Gasteiger partial charge in [-0.1, -0.05) is 41.9 Å². The van der Waals surface area contributed by atoms with Crippen LogP contribution in [0.4, 0.5) is 0 Å². The van der Waals surface area contributed by atoms with Crippen LogP contribution in [0.5, 0.6) is 0 Å². The van der Waals surface area contributed by atoms with Crippen molar-refractivity contribution in [3.63, 3.8) is 0 Å². The van der Waals surface area contributed by atoms with Gasteiger partial charge >= 0.3 is 5.97 Å². The van der Waals surface area contributed by atoms with Crippen LogP contribution >= 0.6 is 27.7 Å². The molecule has 1 heterocycles. The lowest BCUT2D eigenvalue weighted by Crippen LogP contribution is -2.08. The maximum Gasteiger partial charge on any atom is 0.340 e. The monoisotopic (exact) mass is 394 g/mol. The van der Waals surface area contributed by atoms with Gasteiger partial charge in [0.2, 0.25) is 0 Å². The lowest BCUT2D eigenvalue weighted by atomic mass is 10.2. The molecule has 2 rings (SSSR count). The third-order valence-electron chi connectivity index (χ3n) is 3.31. The van der Waals surface area contributed by atoms with E-state index in [1.54, 1.807) is 6.92 Å². The van der Waals surface area contributed by atoms with Crippen LogP contribution in [0, 0.1) is 12.8 Å². The molecule has 0 fully saturated rings. The molecule has 1 aromatic heterocycles. The molecule has 0 radical (unpaired) electrons. The zero-order chi connectivity index (χ0) is 17.0. The quantitative estimate of drug-likeness (QED) is 0.548. The van der Waals surface area contributed by atoms with Crippen LogP contribution in [0.25, 0.3) is 11.4 Å². The summed E-state index contributed by atoms with van der Waals surface area (Å²) in [6.45, 7) is 6.02. The summed E-state index contributed by atoms with van der Waals surface area (Å²) in [6.07, 6.45) is 1.01. The Balaban J connectivity index is 2.40. The van der Waals surface area contributed by atoms with Crippen molar-refractivity contribution >= 4 is 33.7 Å². The van der Waals surface area contributed by atoms with Gasteiger partial charge in [0.1, 0.15) is 10.6 Å². The molecule has 122 valence electrons. The van der Waals surface area contributed by atoms with E-state index in [-0.39, 0.29) is 5.56 Å². The third kappa shape index (κ3) is 4.78. The van der Waals surface area contributed by atoms with Gasteiger partial charge < -0.3 is 5.11 Å². The van der Waals surface area contributed by atoms with Crippen molar-refractivity contribution in [1.82, 2.24) is 9.97 Å². The first-order valence-electron chi connectivity index (χ1n) is 7.39. The number of carbonyl (C=O) groups is 1. The van der Waals surface area contributed by atoms with Crippen molar-refractivity contribution < 1.29 is 9.90 Å². The second-order valence-electron chi connectivity index (χ2n) is 5.66. The van der Waals surface area contributed by atoms with E-state index in [2.05, 4.69) is 39.7 Å². The Labute approximate surface area is 148 Å². The molecule has 0 spiro atoms. The van der Waals surface area contributed by atoms with Gasteiger partial charge in [0.25, 0.3) is 0 Å². The van der Waals surface area contributed by atoms with E-state index in [4.69, 9.17) is 0 Å². The standard InChI is InChI=1S/C17H19BrN2O2S/c1-10(2)8-9-23-16-14(17(21)22)11(3)19-15(20-16)12-4-6-13(18)7-5-12/h4-7,10H,8-9H2,1-3H3,(H,21,22). The van der Waals surface area contributed by atoms with Crippen molar-refractivity contribution in [3.05, 3.63) is 40.0 Å². The van der Waals surface area contributed by atoms with Gasteiger partial charge in [-0.2, -0.15) is 0 Å². The number of hydrogen-bond acceptors (Lipinski definition) is 4. The van der Waals surface area contributed by atoms with E-state index in [1.807, 2.05) is 24.3 Å². The maximum atomic E-state index is 11.5. The fourth-order valence-corrected chi connectivity index (χ4v) is 3.59. The SMILES string of the molecule is Cc1nc(-c2ccc(Br)cc2)nc(SCCC(C)C)c1C(=O)O. The molecule has 1 aromatic carbocycles. The molecule has 0 aliphatic heterocycles. The van der Waals surface area contributed by atoms with Gasteiger partial charge in [-0.15, -0.1) is 11.8 Å². The van der Waals surface area contributed by atoms with Crippen molar-refractivity contribution in [1.29, 1.82) is 0 Å². The molecule has 6 heteroatoms. The molecule has 0 saturated heterocycles. The average molecular weight is 395 g/mol. The topological polar surface area (TPSA) is 63.1 Å². The summed E-state index contributed by atoms with van der Waals surface area (Å²) < 4.78 is 0.978. The fraction of sp³-hybridized carbons (Fsp3) is 0.353. The molecule has 0 aliphatic rings.